The Morgan fingerprint density at radius 3 is 2.25 bits per heavy atom. The number of anilines is 1. The minimum absolute atomic E-state index is 0.0137. The molecule has 6 heteroatoms. The molecule has 1 aromatic rings. The van der Waals surface area contributed by atoms with Gasteiger partial charge < -0.3 is 10.6 Å². The van der Waals surface area contributed by atoms with E-state index in [0.717, 1.165) is 25.7 Å². The third-order valence-electron chi connectivity index (χ3n) is 4.34. The Balaban J connectivity index is 2.05. The van der Waals surface area contributed by atoms with Crippen molar-refractivity contribution in [2.75, 3.05) is 5.32 Å². The molecule has 2 rings (SSSR count). The Morgan fingerprint density at radius 2 is 1.75 bits per heavy atom. The maximum atomic E-state index is 12.7. The summed E-state index contributed by atoms with van der Waals surface area (Å²) in [7, 11) is 0. The van der Waals surface area contributed by atoms with Gasteiger partial charge in [0.2, 0.25) is 11.8 Å². The summed E-state index contributed by atoms with van der Waals surface area (Å²) >= 11 is 0. The zero-order chi connectivity index (χ0) is 17.9. The normalized spacial score (nSPS) is 21.6. The molecule has 2 amide bonds. The molecular formula is C18H30N4O2. The lowest BCUT2D eigenvalue weighted by Gasteiger charge is -2.32. The highest BCUT2D eigenvalue weighted by molar-refractivity contribution is 5.96. The summed E-state index contributed by atoms with van der Waals surface area (Å²) in [5.74, 6) is -0.617. The Kier molecular flexibility index (Phi) is 5.67. The van der Waals surface area contributed by atoms with Gasteiger partial charge in [-0.1, -0.05) is 12.8 Å². The Morgan fingerprint density at radius 1 is 1.17 bits per heavy atom. The number of rotatable bonds is 4. The maximum Gasteiger partial charge on any atom is 0.228 e. The van der Waals surface area contributed by atoms with Crippen molar-refractivity contribution in [2.24, 2.45) is 11.8 Å². The van der Waals surface area contributed by atoms with Gasteiger partial charge in [-0.3, -0.25) is 14.3 Å². The van der Waals surface area contributed by atoms with Gasteiger partial charge >= 0.3 is 0 Å². The molecule has 1 aromatic heterocycles. The van der Waals surface area contributed by atoms with E-state index in [4.69, 9.17) is 0 Å². The first-order valence-corrected chi connectivity index (χ1v) is 8.84. The number of hydrogen-bond donors (Lipinski definition) is 2. The molecule has 0 unspecified atom stereocenters. The molecule has 1 saturated carbocycles. The van der Waals surface area contributed by atoms with Gasteiger partial charge in [-0.2, -0.15) is 5.10 Å². The maximum absolute atomic E-state index is 12.7. The van der Waals surface area contributed by atoms with Crippen LogP contribution >= 0.6 is 0 Å². The minimum atomic E-state index is -0.284. The molecule has 0 radical (unpaired) electrons. The van der Waals surface area contributed by atoms with Gasteiger partial charge in [0.05, 0.1) is 11.9 Å². The van der Waals surface area contributed by atoms with Gasteiger partial charge in [0.15, 0.2) is 0 Å². The summed E-state index contributed by atoms with van der Waals surface area (Å²) < 4.78 is 1.81. The van der Waals surface area contributed by atoms with E-state index in [9.17, 15) is 9.59 Å². The number of nitrogens with one attached hydrogen (secondary N) is 2. The van der Waals surface area contributed by atoms with Crippen LogP contribution in [0, 0.1) is 11.8 Å². The van der Waals surface area contributed by atoms with Crippen LogP contribution in [0.2, 0.25) is 0 Å². The lowest BCUT2D eigenvalue weighted by molar-refractivity contribution is -0.135. The van der Waals surface area contributed by atoms with E-state index in [0.29, 0.717) is 5.69 Å². The van der Waals surface area contributed by atoms with E-state index in [1.165, 1.54) is 0 Å². The van der Waals surface area contributed by atoms with Crippen LogP contribution in [-0.2, 0) is 9.59 Å². The highest BCUT2D eigenvalue weighted by Crippen LogP contribution is 2.31. The van der Waals surface area contributed by atoms with Gasteiger partial charge in [-0.15, -0.1) is 0 Å². The molecule has 0 saturated heterocycles. The van der Waals surface area contributed by atoms with Crippen LogP contribution < -0.4 is 10.6 Å². The zero-order valence-corrected chi connectivity index (χ0v) is 15.4. The molecule has 24 heavy (non-hydrogen) atoms. The van der Waals surface area contributed by atoms with Crippen LogP contribution in [0.1, 0.15) is 66.3 Å². The summed E-state index contributed by atoms with van der Waals surface area (Å²) in [6.45, 7) is 9.95. The molecule has 0 spiro atoms. The van der Waals surface area contributed by atoms with Gasteiger partial charge in [0.1, 0.15) is 0 Å². The quantitative estimate of drug-likeness (QED) is 0.888. The molecule has 1 aliphatic carbocycles. The van der Waals surface area contributed by atoms with Gasteiger partial charge in [0.25, 0.3) is 0 Å². The molecule has 6 nitrogen and oxygen atoms in total. The van der Waals surface area contributed by atoms with Crippen molar-refractivity contribution in [2.45, 2.75) is 71.9 Å². The lowest BCUT2D eigenvalue weighted by atomic mass is 9.77. The molecule has 0 aromatic carbocycles. The summed E-state index contributed by atoms with van der Waals surface area (Å²) in [4.78, 5) is 25.3. The van der Waals surface area contributed by atoms with Gasteiger partial charge in [-0.05, 0) is 47.5 Å². The van der Waals surface area contributed by atoms with Crippen LogP contribution in [-0.4, -0.2) is 27.1 Å². The fraction of sp³-hybridized carbons (Fsp3) is 0.722. The number of carbonyl (C=O) groups excluding carboxylic acids is 2. The number of carbonyl (C=O) groups is 2. The average Bonchev–Trinajstić information content (AvgIpc) is 2.94. The largest absolute Gasteiger partial charge is 0.351 e. The number of nitrogens with zero attached hydrogens (tertiary/aromatic N) is 2. The van der Waals surface area contributed by atoms with E-state index in [1.54, 1.807) is 10.9 Å². The molecule has 134 valence electrons. The summed E-state index contributed by atoms with van der Waals surface area (Å²) in [6, 6.07) is 0.246. The predicted molar refractivity (Wildman–Crippen MR) is 94.6 cm³/mol. The first kappa shape index (κ1) is 18.5. The standard InChI is InChI=1S/C18H30N4O2/c1-12(2)22-11-13(10-19-22)20-16(23)14-8-6-7-9-15(14)17(24)21-18(3,4)5/h10-12,14-15H,6-9H2,1-5H3,(H,20,23)(H,21,24)/t14-,15+/m0/s1. The molecule has 1 heterocycles. The first-order valence-electron chi connectivity index (χ1n) is 8.84. The van der Waals surface area contributed by atoms with Crippen LogP contribution in [0.3, 0.4) is 0 Å². The van der Waals surface area contributed by atoms with Crippen LogP contribution in [0.15, 0.2) is 12.4 Å². The third kappa shape index (κ3) is 4.82. The lowest BCUT2D eigenvalue weighted by Crippen LogP contribution is -2.48. The van der Waals surface area contributed by atoms with E-state index < -0.39 is 0 Å². The monoisotopic (exact) mass is 334 g/mol. The second-order valence-electron chi connectivity index (χ2n) is 8.03. The van der Waals surface area contributed by atoms with Crippen molar-refractivity contribution in [3.05, 3.63) is 12.4 Å². The first-order chi connectivity index (χ1) is 11.2. The van der Waals surface area contributed by atoms with Crippen molar-refractivity contribution < 1.29 is 9.59 Å². The number of hydrogen-bond acceptors (Lipinski definition) is 3. The van der Waals surface area contributed by atoms with Crippen molar-refractivity contribution in [1.82, 2.24) is 15.1 Å². The van der Waals surface area contributed by atoms with Crippen LogP contribution in [0.5, 0.6) is 0 Å². The Hall–Kier alpha value is -1.85. The summed E-state index contributed by atoms with van der Waals surface area (Å²) in [5.41, 5.74) is 0.405. The fourth-order valence-corrected chi connectivity index (χ4v) is 3.14. The highest BCUT2D eigenvalue weighted by atomic mass is 16.2. The molecular weight excluding hydrogens is 304 g/mol. The molecule has 1 aliphatic rings. The summed E-state index contributed by atoms with van der Waals surface area (Å²) in [6.07, 6.45) is 7.00. The van der Waals surface area contributed by atoms with Crippen LogP contribution in [0.4, 0.5) is 5.69 Å². The molecule has 2 N–H and O–H groups in total. The van der Waals surface area contributed by atoms with Crippen molar-refractivity contribution in [3.63, 3.8) is 0 Å². The van der Waals surface area contributed by atoms with Gasteiger partial charge in [-0.25, -0.2) is 0 Å². The average molecular weight is 334 g/mol. The second-order valence-corrected chi connectivity index (χ2v) is 8.03. The van der Waals surface area contributed by atoms with E-state index in [2.05, 4.69) is 15.7 Å². The van der Waals surface area contributed by atoms with Crippen molar-refractivity contribution in [1.29, 1.82) is 0 Å². The second kappa shape index (κ2) is 7.36. The van der Waals surface area contributed by atoms with Crippen molar-refractivity contribution >= 4 is 17.5 Å². The summed E-state index contributed by atoms with van der Waals surface area (Å²) in [5, 5.41) is 10.2. The zero-order valence-electron chi connectivity index (χ0n) is 15.4. The van der Waals surface area contributed by atoms with E-state index in [-0.39, 0.29) is 35.2 Å². The Bertz CT molecular complexity index is 586. The SMILES string of the molecule is CC(C)n1cc(NC(=O)[C@H]2CCCC[C@H]2C(=O)NC(C)(C)C)cn1. The number of amides is 2. The highest BCUT2D eigenvalue weighted by Gasteiger charge is 2.36. The molecule has 0 aliphatic heterocycles. The van der Waals surface area contributed by atoms with Crippen LogP contribution in [0.25, 0.3) is 0 Å². The Labute approximate surface area is 144 Å². The molecule has 1 fully saturated rings. The van der Waals surface area contributed by atoms with E-state index >= 15 is 0 Å². The number of aromatic nitrogens is 2. The smallest absolute Gasteiger partial charge is 0.228 e. The fourth-order valence-electron chi connectivity index (χ4n) is 3.14. The predicted octanol–water partition coefficient (Wildman–Crippen LogP) is 3.12. The van der Waals surface area contributed by atoms with Gasteiger partial charge in [0, 0.05) is 29.6 Å². The minimum Gasteiger partial charge on any atom is -0.351 e. The van der Waals surface area contributed by atoms with Crippen molar-refractivity contribution in [3.8, 4) is 0 Å². The molecule has 2 atom stereocenters. The van der Waals surface area contributed by atoms with E-state index in [1.807, 2.05) is 40.8 Å². The topological polar surface area (TPSA) is 76.0 Å². The molecule has 0 bridgehead atoms. The third-order valence-corrected chi connectivity index (χ3v) is 4.34.